The number of hydrogen-bond acceptors (Lipinski definition) is 5. The molecule has 9 heteroatoms. The van der Waals surface area contributed by atoms with E-state index < -0.39 is 18.5 Å². The van der Waals surface area contributed by atoms with Crippen molar-refractivity contribution in [1.82, 2.24) is 9.97 Å². The van der Waals surface area contributed by atoms with Gasteiger partial charge in [0.15, 0.2) is 0 Å². The number of carbonyl (C=O) groups is 1. The molecule has 6 nitrogen and oxygen atoms in total. The number of halogens is 3. The Hall–Kier alpha value is -2.06. The lowest BCUT2D eigenvalue weighted by atomic mass is 9.50. The van der Waals surface area contributed by atoms with Crippen LogP contribution in [0.15, 0.2) is 6.20 Å². The summed E-state index contributed by atoms with van der Waals surface area (Å²) >= 11 is 0. The van der Waals surface area contributed by atoms with Crippen molar-refractivity contribution in [2.75, 3.05) is 10.6 Å². The molecule has 4 saturated carbocycles. The second-order valence-electron chi connectivity index (χ2n) is 8.72. The monoisotopic (exact) mass is 397 g/mol. The molecule has 1 aromatic rings. The van der Waals surface area contributed by atoms with Crippen LogP contribution in [0.2, 0.25) is 0 Å². The molecule has 5 rings (SSSR count). The van der Waals surface area contributed by atoms with E-state index in [-0.39, 0.29) is 29.5 Å². The predicted molar refractivity (Wildman–Crippen MR) is 98.9 cm³/mol. The molecule has 4 aliphatic carbocycles. The van der Waals surface area contributed by atoms with Gasteiger partial charge in [-0.1, -0.05) is 0 Å². The number of hydrogen-bond donors (Lipinski definition) is 3. The number of amides is 1. The highest BCUT2D eigenvalue weighted by Gasteiger charge is 2.57. The van der Waals surface area contributed by atoms with E-state index >= 15 is 0 Å². The average Bonchev–Trinajstić information content (AvgIpc) is 2.56. The zero-order valence-electron chi connectivity index (χ0n) is 15.7. The lowest BCUT2D eigenvalue weighted by molar-refractivity contribution is -0.138. The molecule has 4 fully saturated rings. The molecule has 154 valence electrons. The second kappa shape index (κ2) is 7.08. The molecule has 1 amide bonds. The van der Waals surface area contributed by atoms with Crippen LogP contribution < -0.4 is 16.4 Å². The number of carbonyl (C=O) groups excluding carboxylic acids is 1. The lowest BCUT2D eigenvalue weighted by Gasteiger charge is -2.62. The van der Waals surface area contributed by atoms with Crippen LogP contribution in [0.5, 0.6) is 0 Å². The molecule has 0 aromatic carbocycles. The Bertz CT molecular complexity index is 729. The van der Waals surface area contributed by atoms with Crippen LogP contribution in [-0.4, -0.2) is 33.6 Å². The van der Waals surface area contributed by atoms with Gasteiger partial charge in [-0.2, -0.15) is 18.2 Å². The summed E-state index contributed by atoms with van der Waals surface area (Å²) in [5.74, 6) is 1.25. The topological polar surface area (TPSA) is 92.9 Å². The lowest BCUT2D eigenvalue weighted by Crippen LogP contribution is -2.63. The zero-order valence-corrected chi connectivity index (χ0v) is 15.7. The smallest absolute Gasteiger partial charge is 0.365 e. The molecule has 0 aliphatic heterocycles. The summed E-state index contributed by atoms with van der Waals surface area (Å²) in [6.45, 7) is 0. The van der Waals surface area contributed by atoms with E-state index in [0.717, 1.165) is 50.9 Å². The van der Waals surface area contributed by atoms with Crippen LogP contribution in [0.1, 0.15) is 68.1 Å². The van der Waals surface area contributed by atoms with E-state index in [0.29, 0.717) is 11.8 Å². The van der Waals surface area contributed by atoms with Crippen molar-refractivity contribution in [3.63, 3.8) is 0 Å². The molecule has 0 atom stereocenters. The number of rotatable bonds is 7. The van der Waals surface area contributed by atoms with Gasteiger partial charge in [0.2, 0.25) is 5.95 Å². The molecule has 1 heterocycles. The van der Waals surface area contributed by atoms with E-state index in [2.05, 4.69) is 20.6 Å². The quantitative estimate of drug-likeness (QED) is 0.650. The molecule has 1 aromatic heterocycles. The standard InChI is InChI=1S/C19H26F3N5O/c20-19(21,22)6-5-11-1-3-13(4-2-11)25-17-24-10-14(15(23)28)16(26-17)27-18-7-12(8-18)9-18/h10-13H,1-9H2,(H2,23,28)(H2,24,25,26,27). The maximum atomic E-state index is 12.4. The minimum absolute atomic E-state index is 0.0526. The number of nitrogens with one attached hydrogen (secondary N) is 2. The number of alkyl halides is 3. The Morgan fingerprint density at radius 3 is 2.43 bits per heavy atom. The van der Waals surface area contributed by atoms with Crippen molar-refractivity contribution in [2.45, 2.75) is 75.5 Å². The van der Waals surface area contributed by atoms with Gasteiger partial charge in [0.25, 0.3) is 5.91 Å². The Balaban J connectivity index is 1.34. The Morgan fingerprint density at radius 1 is 1.21 bits per heavy atom. The van der Waals surface area contributed by atoms with Gasteiger partial charge in [0, 0.05) is 24.2 Å². The van der Waals surface area contributed by atoms with Crippen molar-refractivity contribution in [3.05, 3.63) is 11.8 Å². The first-order chi connectivity index (χ1) is 13.2. The fraction of sp³-hybridized carbons (Fsp3) is 0.737. The van der Waals surface area contributed by atoms with Gasteiger partial charge in [-0.25, -0.2) is 4.98 Å². The number of primary amides is 1. The first-order valence-electron chi connectivity index (χ1n) is 10.00. The Morgan fingerprint density at radius 2 is 1.89 bits per heavy atom. The third-order valence-electron chi connectivity index (χ3n) is 6.49. The van der Waals surface area contributed by atoms with Gasteiger partial charge in [0.05, 0.1) is 5.56 Å². The van der Waals surface area contributed by atoms with Crippen molar-refractivity contribution < 1.29 is 18.0 Å². The molecule has 0 saturated heterocycles. The molecular weight excluding hydrogens is 371 g/mol. The third-order valence-corrected chi connectivity index (χ3v) is 6.49. The molecule has 0 unspecified atom stereocenters. The highest BCUT2D eigenvalue weighted by Crippen LogP contribution is 2.58. The summed E-state index contributed by atoms with van der Waals surface area (Å²) in [6.07, 6.45) is 3.28. The van der Waals surface area contributed by atoms with E-state index in [9.17, 15) is 18.0 Å². The minimum atomic E-state index is -4.07. The molecule has 4 aliphatic rings. The van der Waals surface area contributed by atoms with E-state index in [4.69, 9.17) is 5.73 Å². The van der Waals surface area contributed by atoms with E-state index in [1.54, 1.807) is 0 Å². The van der Waals surface area contributed by atoms with Gasteiger partial charge in [-0.05, 0) is 63.2 Å². The fourth-order valence-electron chi connectivity index (χ4n) is 4.76. The highest BCUT2D eigenvalue weighted by atomic mass is 19.4. The van der Waals surface area contributed by atoms with Crippen LogP contribution in [-0.2, 0) is 0 Å². The number of nitrogens with two attached hydrogens (primary N) is 1. The number of nitrogens with zero attached hydrogens (tertiary/aromatic N) is 2. The Labute approximate surface area is 161 Å². The molecular formula is C19H26F3N5O. The molecule has 2 bridgehead atoms. The average molecular weight is 397 g/mol. The van der Waals surface area contributed by atoms with Crippen LogP contribution in [0.25, 0.3) is 0 Å². The summed E-state index contributed by atoms with van der Waals surface area (Å²) in [4.78, 5) is 20.4. The normalized spacial score (nSPS) is 31.5. The van der Waals surface area contributed by atoms with Crippen LogP contribution in [0, 0.1) is 11.8 Å². The summed E-state index contributed by atoms with van der Waals surface area (Å²) in [5, 5.41) is 6.67. The van der Waals surface area contributed by atoms with E-state index in [1.165, 1.54) is 6.20 Å². The molecule has 0 spiro atoms. The summed E-state index contributed by atoms with van der Waals surface area (Å²) < 4.78 is 37.2. The molecule has 4 N–H and O–H groups in total. The SMILES string of the molecule is NC(=O)c1cnc(NC2CCC(CCC(F)(F)F)CC2)nc1NC12CC(C1)C2. The first kappa shape index (κ1) is 19.3. The minimum Gasteiger partial charge on any atom is -0.365 e. The Kier molecular flexibility index (Phi) is 4.87. The fourth-order valence-corrected chi connectivity index (χ4v) is 4.76. The molecule has 0 radical (unpaired) electrons. The maximum absolute atomic E-state index is 12.4. The van der Waals surface area contributed by atoms with Crippen molar-refractivity contribution in [1.29, 1.82) is 0 Å². The predicted octanol–water partition coefficient (Wildman–Crippen LogP) is 3.85. The third kappa shape index (κ3) is 4.17. The van der Waals surface area contributed by atoms with Gasteiger partial charge in [-0.15, -0.1) is 0 Å². The van der Waals surface area contributed by atoms with Crippen molar-refractivity contribution in [2.24, 2.45) is 17.6 Å². The van der Waals surface area contributed by atoms with Gasteiger partial charge >= 0.3 is 6.18 Å². The van der Waals surface area contributed by atoms with Crippen LogP contribution >= 0.6 is 0 Å². The van der Waals surface area contributed by atoms with Crippen LogP contribution in [0.3, 0.4) is 0 Å². The molecule has 28 heavy (non-hydrogen) atoms. The van der Waals surface area contributed by atoms with E-state index in [1.807, 2.05) is 0 Å². The maximum Gasteiger partial charge on any atom is 0.389 e. The van der Waals surface area contributed by atoms with Gasteiger partial charge in [0.1, 0.15) is 5.82 Å². The summed E-state index contributed by atoms with van der Waals surface area (Å²) in [5.41, 5.74) is 5.79. The summed E-state index contributed by atoms with van der Waals surface area (Å²) in [6, 6.07) is 0.129. The summed E-state index contributed by atoms with van der Waals surface area (Å²) in [7, 11) is 0. The van der Waals surface area contributed by atoms with Crippen LogP contribution in [0.4, 0.5) is 24.9 Å². The second-order valence-corrected chi connectivity index (χ2v) is 8.72. The number of aromatic nitrogens is 2. The highest BCUT2D eigenvalue weighted by molar-refractivity contribution is 5.97. The van der Waals surface area contributed by atoms with Gasteiger partial charge in [-0.3, -0.25) is 4.79 Å². The first-order valence-corrected chi connectivity index (χ1v) is 10.00. The van der Waals surface area contributed by atoms with Crippen molar-refractivity contribution in [3.8, 4) is 0 Å². The van der Waals surface area contributed by atoms with Crippen molar-refractivity contribution >= 4 is 17.7 Å². The largest absolute Gasteiger partial charge is 0.389 e. The van der Waals surface area contributed by atoms with Gasteiger partial charge < -0.3 is 16.4 Å². The zero-order chi connectivity index (χ0) is 19.9. The number of anilines is 2.